The lowest BCUT2D eigenvalue weighted by atomic mass is 10.1. The Balaban J connectivity index is 1.74. The summed E-state index contributed by atoms with van der Waals surface area (Å²) in [7, 11) is 0. The molecule has 7 heteroatoms. The Morgan fingerprint density at radius 1 is 1.24 bits per heavy atom. The van der Waals surface area contributed by atoms with Crippen molar-refractivity contribution >= 4 is 44.6 Å². The minimum atomic E-state index is -0.220. The summed E-state index contributed by atoms with van der Waals surface area (Å²) in [6.07, 6.45) is 2.10. The summed E-state index contributed by atoms with van der Waals surface area (Å²) >= 11 is 9.60. The quantitative estimate of drug-likeness (QED) is 0.353. The zero-order chi connectivity index (χ0) is 20.5. The summed E-state index contributed by atoms with van der Waals surface area (Å²) in [5.74, 6) is 1.80. The predicted molar refractivity (Wildman–Crippen MR) is 120 cm³/mol. The summed E-state index contributed by atoms with van der Waals surface area (Å²) < 4.78 is 8.03. The molecule has 29 heavy (non-hydrogen) atoms. The Morgan fingerprint density at radius 2 is 2.07 bits per heavy atom. The lowest BCUT2D eigenvalue weighted by Gasteiger charge is -2.07. The molecule has 0 saturated heterocycles. The molecule has 0 N–H and O–H groups in total. The monoisotopic (exact) mass is 469 g/mol. The molecule has 146 valence electrons. The molecule has 0 fully saturated rings. The van der Waals surface area contributed by atoms with E-state index < -0.39 is 0 Å². The molecular weight excluding hydrogens is 454 g/mol. The van der Waals surface area contributed by atoms with Crippen LogP contribution in [0.1, 0.15) is 24.1 Å². The number of benzene rings is 2. The molecular formula is C22H17BrClN3O2. The van der Waals surface area contributed by atoms with Gasteiger partial charge in [-0.25, -0.2) is 4.98 Å². The molecule has 0 atom stereocenters. The second-order valence-corrected chi connectivity index (χ2v) is 7.84. The number of rotatable bonds is 4. The van der Waals surface area contributed by atoms with E-state index in [2.05, 4.69) is 26.0 Å². The minimum absolute atomic E-state index is 0.220. The third-order valence-corrected chi connectivity index (χ3v) is 5.55. The van der Waals surface area contributed by atoms with E-state index in [0.717, 1.165) is 15.6 Å². The average Bonchev–Trinajstić information content (AvgIpc) is 3.18. The van der Waals surface area contributed by atoms with Gasteiger partial charge in [-0.1, -0.05) is 46.6 Å². The number of aromatic nitrogens is 2. The van der Waals surface area contributed by atoms with Crippen molar-refractivity contribution in [3.05, 3.63) is 85.5 Å². The first kappa shape index (κ1) is 19.6. The van der Waals surface area contributed by atoms with Crippen molar-refractivity contribution in [1.29, 1.82) is 0 Å². The maximum Gasteiger partial charge on any atom is 0.282 e. The highest BCUT2D eigenvalue weighted by Crippen LogP contribution is 2.29. The molecule has 2 aromatic heterocycles. The lowest BCUT2D eigenvalue weighted by molar-refractivity contribution is 0.573. The van der Waals surface area contributed by atoms with E-state index >= 15 is 0 Å². The van der Waals surface area contributed by atoms with E-state index in [1.807, 2.05) is 50.2 Å². The van der Waals surface area contributed by atoms with Crippen LogP contribution in [0.5, 0.6) is 0 Å². The molecule has 2 heterocycles. The van der Waals surface area contributed by atoms with Gasteiger partial charge < -0.3 is 4.42 Å². The fourth-order valence-electron chi connectivity index (χ4n) is 3.10. The van der Waals surface area contributed by atoms with Gasteiger partial charge >= 0.3 is 0 Å². The SMILES string of the molecule is CCc1nc2ccc(Br)cc2c(=O)n1N=Cc1ccc(-c2cccc(Cl)c2C)o1. The molecule has 0 radical (unpaired) electrons. The Hall–Kier alpha value is -2.70. The third-order valence-electron chi connectivity index (χ3n) is 4.65. The molecule has 0 amide bonds. The van der Waals surface area contributed by atoms with Gasteiger partial charge in [0.05, 0.1) is 17.1 Å². The Bertz CT molecular complexity index is 1310. The van der Waals surface area contributed by atoms with Crippen LogP contribution in [0.4, 0.5) is 0 Å². The van der Waals surface area contributed by atoms with Crippen LogP contribution in [-0.4, -0.2) is 15.9 Å². The van der Waals surface area contributed by atoms with Crippen LogP contribution in [0.2, 0.25) is 5.02 Å². The molecule has 0 aliphatic heterocycles. The van der Waals surface area contributed by atoms with Crippen LogP contribution in [0.25, 0.3) is 22.2 Å². The summed E-state index contributed by atoms with van der Waals surface area (Å²) in [5.41, 5.74) is 2.29. The Kier molecular flexibility index (Phi) is 5.39. The Labute approximate surface area is 180 Å². The second kappa shape index (κ2) is 7.97. The van der Waals surface area contributed by atoms with E-state index in [-0.39, 0.29) is 5.56 Å². The number of nitrogens with zero attached hydrogens (tertiary/aromatic N) is 3. The van der Waals surface area contributed by atoms with Crippen molar-refractivity contribution < 1.29 is 4.42 Å². The van der Waals surface area contributed by atoms with Gasteiger partial charge in [-0.05, 0) is 48.9 Å². The van der Waals surface area contributed by atoms with E-state index in [4.69, 9.17) is 16.0 Å². The molecule has 2 aromatic carbocycles. The number of halogens is 2. The topological polar surface area (TPSA) is 60.4 Å². The number of hydrogen-bond acceptors (Lipinski definition) is 4. The van der Waals surface area contributed by atoms with Gasteiger partial charge in [0.2, 0.25) is 0 Å². The maximum atomic E-state index is 12.9. The van der Waals surface area contributed by atoms with Crippen molar-refractivity contribution in [2.75, 3.05) is 0 Å². The smallest absolute Gasteiger partial charge is 0.282 e. The largest absolute Gasteiger partial charge is 0.455 e. The fraction of sp³-hybridized carbons (Fsp3) is 0.136. The molecule has 4 aromatic rings. The van der Waals surface area contributed by atoms with Crippen molar-refractivity contribution in [2.24, 2.45) is 5.10 Å². The van der Waals surface area contributed by atoms with Crippen molar-refractivity contribution in [2.45, 2.75) is 20.3 Å². The summed E-state index contributed by atoms with van der Waals surface area (Å²) in [6.45, 7) is 3.88. The highest BCUT2D eigenvalue weighted by Gasteiger charge is 2.11. The van der Waals surface area contributed by atoms with Gasteiger partial charge in [0.25, 0.3) is 5.56 Å². The predicted octanol–water partition coefficient (Wildman–Crippen LogP) is 5.83. The van der Waals surface area contributed by atoms with Gasteiger partial charge in [0.15, 0.2) is 0 Å². The van der Waals surface area contributed by atoms with Gasteiger partial charge in [0.1, 0.15) is 17.3 Å². The normalized spacial score (nSPS) is 11.6. The van der Waals surface area contributed by atoms with Gasteiger partial charge in [-0.3, -0.25) is 4.79 Å². The van der Waals surface area contributed by atoms with Crippen molar-refractivity contribution in [1.82, 2.24) is 9.66 Å². The highest BCUT2D eigenvalue weighted by atomic mass is 79.9. The standard InChI is InChI=1S/C22H17BrClN3O2/c1-3-21-26-19-9-7-14(23)11-17(19)22(28)27(21)25-12-15-8-10-20(29-15)16-5-4-6-18(24)13(16)2/h4-12H,3H2,1-2H3. The van der Waals surface area contributed by atoms with Crippen LogP contribution in [0, 0.1) is 6.92 Å². The molecule has 0 spiro atoms. The van der Waals surface area contributed by atoms with Gasteiger partial charge in [-0.2, -0.15) is 9.78 Å². The summed E-state index contributed by atoms with van der Waals surface area (Å²) in [6, 6.07) is 14.8. The van der Waals surface area contributed by atoms with Crippen LogP contribution >= 0.6 is 27.5 Å². The molecule has 0 saturated carbocycles. The molecule has 0 bridgehead atoms. The highest BCUT2D eigenvalue weighted by molar-refractivity contribution is 9.10. The number of hydrogen-bond donors (Lipinski definition) is 0. The van der Waals surface area contributed by atoms with Crippen LogP contribution in [0.15, 0.2) is 67.3 Å². The Morgan fingerprint density at radius 3 is 2.86 bits per heavy atom. The van der Waals surface area contributed by atoms with Gasteiger partial charge in [0, 0.05) is 21.5 Å². The van der Waals surface area contributed by atoms with Gasteiger partial charge in [-0.15, -0.1) is 0 Å². The third kappa shape index (κ3) is 3.78. The molecule has 5 nitrogen and oxygen atoms in total. The number of furan rings is 1. The summed E-state index contributed by atoms with van der Waals surface area (Å²) in [5, 5.41) is 5.54. The van der Waals surface area contributed by atoms with E-state index in [9.17, 15) is 4.79 Å². The molecule has 0 aliphatic rings. The minimum Gasteiger partial charge on any atom is -0.455 e. The molecule has 0 unspecified atom stereocenters. The molecule has 4 rings (SSSR count). The number of aryl methyl sites for hydroxylation is 1. The van der Waals surface area contributed by atoms with E-state index in [0.29, 0.717) is 39.7 Å². The number of fused-ring (bicyclic) bond motifs is 1. The maximum absolute atomic E-state index is 12.9. The average molecular weight is 471 g/mol. The molecule has 0 aliphatic carbocycles. The fourth-order valence-corrected chi connectivity index (χ4v) is 3.63. The first-order valence-electron chi connectivity index (χ1n) is 9.09. The van der Waals surface area contributed by atoms with Crippen molar-refractivity contribution in [3.8, 4) is 11.3 Å². The zero-order valence-corrected chi connectivity index (χ0v) is 18.2. The van der Waals surface area contributed by atoms with Crippen LogP contribution in [0.3, 0.4) is 0 Å². The van der Waals surface area contributed by atoms with E-state index in [1.165, 1.54) is 10.9 Å². The lowest BCUT2D eigenvalue weighted by Crippen LogP contribution is -2.22. The van der Waals surface area contributed by atoms with Crippen molar-refractivity contribution in [3.63, 3.8) is 0 Å². The van der Waals surface area contributed by atoms with Crippen LogP contribution < -0.4 is 5.56 Å². The first-order valence-corrected chi connectivity index (χ1v) is 10.3. The van der Waals surface area contributed by atoms with Crippen LogP contribution in [-0.2, 0) is 6.42 Å². The summed E-state index contributed by atoms with van der Waals surface area (Å²) in [4.78, 5) is 17.5. The first-order chi connectivity index (χ1) is 14.0. The zero-order valence-electron chi connectivity index (χ0n) is 15.8. The second-order valence-electron chi connectivity index (χ2n) is 6.52. The van der Waals surface area contributed by atoms with E-state index in [1.54, 1.807) is 12.1 Å².